The lowest BCUT2D eigenvalue weighted by Crippen LogP contribution is -2.31. The van der Waals surface area contributed by atoms with Crippen LogP contribution in [-0.2, 0) is 9.59 Å². The maximum atomic E-state index is 10.8. The summed E-state index contributed by atoms with van der Waals surface area (Å²) in [5.74, 6) is -2.74. The van der Waals surface area contributed by atoms with Crippen molar-refractivity contribution in [2.24, 2.45) is 11.8 Å². The highest BCUT2D eigenvalue weighted by atomic mass is 16.4. The lowest BCUT2D eigenvalue weighted by atomic mass is 9.93. The van der Waals surface area contributed by atoms with E-state index in [1.54, 1.807) is 6.92 Å². The van der Waals surface area contributed by atoms with Crippen LogP contribution >= 0.6 is 0 Å². The number of aliphatic hydroxyl groups is 2. The molecule has 0 aliphatic heterocycles. The predicted molar refractivity (Wildman–Crippen MR) is 96.2 cm³/mol. The zero-order chi connectivity index (χ0) is 19.4. The first-order valence-corrected chi connectivity index (χ1v) is 8.77. The zero-order valence-corrected chi connectivity index (χ0v) is 15.4. The van der Waals surface area contributed by atoms with Gasteiger partial charge in [-0.25, -0.2) is 4.79 Å². The van der Waals surface area contributed by atoms with Gasteiger partial charge in [-0.1, -0.05) is 44.3 Å². The number of allylic oxidation sites excluding steroid dienone is 3. The van der Waals surface area contributed by atoms with E-state index in [4.69, 9.17) is 15.3 Å². The van der Waals surface area contributed by atoms with Crippen molar-refractivity contribution in [1.82, 2.24) is 0 Å². The Morgan fingerprint density at radius 1 is 1.00 bits per heavy atom. The second kappa shape index (κ2) is 12.7. The van der Waals surface area contributed by atoms with Crippen LogP contribution < -0.4 is 0 Å². The van der Waals surface area contributed by atoms with Crippen molar-refractivity contribution in [2.45, 2.75) is 65.4 Å². The molecule has 0 aromatic heterocycles. The van der Waals surface area contributed by atoms with Crippen molar-refractivity contribution in [3.63, 3.8) is 0 Å². The first kappa shape index (κ1) is 23.3. The van der Waals surface area contributed by atoms with Crippen LogP contribution in [0.15, 0.2) is 23.3 Å². The second-order valence-electron chi connectivity index (χ2n) is 6.86. The van der Waals surface area contributed by atoms with Gasteiger partial charge >= 0.3 is 11.9 Å². The highest BCUT2D eigenvalue weighted by Crippen LogP contribution is 2.20. The molecule has 0 fully saturated rings. The molecule has 0 rings (SSSR count). The van der Waals surface area contributed by atoms with Crippen molar-refractivity contribution in [1.29, 1.82) is 0 Å². The summed E-state index contributed by atoms with van der Waals surface area (Å²) in [5.41, 5.74) is 1.87. The minimum Gasteiger partial charge on any atom is -0.481 e. The highest BCUT2D eigenvalue weighted by Gasteiger charge is 2.24. The van der Waals surface area contributed by atoms with Crippen molar-refractivity contribution >= 4 is 11.9 Å². The molecule has 0 heterocycles. The van der Waals surface area contributed by atoms with Gasteiger partial charge in [-0.2, -0.15) is 0 Å². The molecule has 0 amide bonds. The van der Waals surface area contributed by atoms with E-state index in [1.165, 1.54) is 6.08 Å². The molecule has 6 heteroatoms. The van der Waals surface area contributed by atoms with Gasteiger partial charge in [0, 0.05) is 6.08 Å². The fourth-order valence-corrected chi connectivity index (χ4v) is 2.92. The van der Waals surface area contributed by atoms with Gasteiger partial charge in [-0.05, 0) is 38.2 Å². The summed E-state index contributed by atoms with van der Waals surface area (Å²) >= 11 is 0. The molecule has 0 saturated heterocycles. The van der Waals surface area contributed by atoms with Crippen molar-refractivity contribution in [3.8, 4) is 0 Å². The van der Waals surface area contributed by atoms with Crippen LogP contribution in [0.25, 0.3) is 0 Å². The number of carbonyl (C=O) groups is 2. The molecule has 0 unspecified atom stereocenters. The Hall–Kier alpha value is -1.66. The quantitative estimate of drug-likeness (QED) is 0.229. The standard InChI is InChI=1S/C19H32O6/c1-13(9-14(2)10-15(3)11-18(22)23)7-5-4-6-8-17(21)16(12-20)19(24)25/h10-11,13,16-17,20-21H,4-9,12H2,1-3H3,(H,22,23)(H,24,25)/b14-10+,15-11+/t13-,16-,17-/m1/s1. The number of carboxylic acid groups (broad SMARTS) is 2. The first-order valence-electron chi connectivity index (χ1n) is 8.77. The molecule has 25 heavy (non-hydrogen) atoms. The number of unbranched alkanes of at least 4 members (excludes halogenated alkanes) is 2. The Bertz CT molecular complexity index is 480. The van der Waals surface area contributed by atoms with Crippen LogP contribution in [0.5, 0.6) is 0 Å². The van der Waals surface area contributed by atoms with Crippen LogP contribution in [0.3, 0.4) is 0 Å². The molecule has 0 bridgehead atoms. The predicted octanol–water partition coefficient (Wildman–Crippen LogP) is 2.99. The normalized spacial score (nSPS) is 16.4. The van der Waals surface area contributed by atoms with Crippen molar-refractivity contribution in [2.75, 3.05) is 6.61 Å². The molecule has 0 saturated carbocycles. The fraction of sp³-hybridized carbons (Fsp3) is 0.684. The van der Waals surface area contributed by atoms with Gasteiger partial charge in [0.15, 0.2) is 0 Å². The average molecular weight is 356 g/mol. The number of aliphatic hydroxyl groups excluding tert-OH is 2. The maximum absolute atomic E-state index is 10.8. The molecule has 144 valence electrons. The van der Waals surface area contributed by atoms with Crippen molar-refractivity contribution in [3.05, 3.63) is 23.3 Å². The smallest absolute Gasteiger partial charge is 0.328 e. The van der Waals surface area contributed by atoms with E-state index in [0.717, 1.165) is 43.3 Å². The Kier molecular flexibility index (Phi) is 11.8. The lowest BCUT2D eigenvalue weighted by molar-refractivity contribution is -0.147. The summed E-state index contributed by atoms with van der Waals surface area (Å²) < 4.78 is 0. The fourth-order valence-electron chi connectivity index (χ4n) is 2.92. The monoisotopic (exact) mass is 356 g/mol. The Labute approximate surface area is 149 Å². The molecule has 4 N–H and O–H groups in total. The number of aliphatic carboxylic acids is 2. The molecular formula is C19H32O6. The molecule has 0 aliphatic carbocycles. The average Bonchev–Trinajstić information content (AvgIpc) is 2.45. The van der Waals surface area contributed by atoms with Gasteiger partial charge in [-0.15, -0.1) is 0 Å². The van der Waals surface area contributed by atoms with Crippen LogP contribution in [0.1, 0.15) is 59.3 Å². The first-order chi connectivity index (χ1) is 11.7. The van der Waals surface area contributed by atoms with E-state index >= 15 is 0 Å². The van der Waals surface area contributed by atoms with Crippen LogP contribution in [0.2, 0.25) is 0 Å². The summed E-state index contributed by atoms with van der Waals surface area (Å²) in [6.45, 7) is 5.36. The number of rotatable bonds is 13. The summed E-state index contributed by atoms with van der Waals surface area (Å²) in [7, 11) is 0. The summed E-state index contributed by atoms with van der Waals surface area (Å²) in [4.78, 5) is 21.4. The molecular weight excluding hydrogens is 324 g/mol. The van der Waals surface area contributed by atoms with Gasteiger partial charge in [0.1, 0.15) is 5.92 Å². The van der Waals surface area contributed by atoms with Gasteiger partial charge in [0.05, 0.1) is 12.7 Å². The van der Waals surface area contributed by atoms with Gasteiger partial charge in [-0.3, -0.25) is 4.79 Å². The van der Waals surface area contributed by atoms with Gasteiger partial charge in [0.2, 0.25) is 0 Å². The minimum absolute atomic E-state index is 0.379. The maximum Gasteiger partial charge on any atom is 0.328 e. The third-order valence-corrected chi connectivity index (χ3v) is 4.17. The molecule has 0 aliphatic rings. The SMILES string of the molecule is CC(=C\C(=O)O)/C=C(\C)C[C@H](C)CCCCC[C@@H](O)[C@@H](CO)C(=O)O. The molecule has 0 aromatic rings. The van der Waals surface area contributed by atoms with E-state index < -0.39 is 30.6 Å². The van der Waals surface area contributed by atoms with Crippen LogP contribution in [-0.4, -0.2) is 45.1 Å². The number of hydrogen-bond acceptors (Lipinski definition) is 4. The largest absolute Gasteiger partial charge is 0.481 e. The van der Waals surface area contributed by atoms with E-state index in [0.29, 0.717) is 12.3 Å². The van der Waals surface area contributed by atoms with E-state index in [-0.39, 0.29) is 0 Å². The van der Waals surface area contributed by atoms with Gasteiger partial charge in [0.25, 0.3) is 0 Å². The molecule has 3 atom stereocenters. The summed E-state index contributed by atoms with van der Waals surface area (Å²) in [6.07, 6.45) is 7.00. The van der Waals surface area contributed by atoms with Crippen LogP contribution in [0.4, 0.5) is 0 Å². The summed E-state index contributed by atoms with van der Waals surface area (Å²) in [6, 6.07) is 0. The Morgan fingerprint density at radius 2 is 1.60 bits per heavy atom. The van der Waals surface area contributed by atoms with Gasteiger partial charge < -0.3 is 20.4 Å². The van der Waals surface area contributed by atoms with E-state index in [2.05, 4.69) is 6.92 Å². The third kappa shape index (κ3) is 11.5. The number of carboxylic acids is 2. The Morgan fingerprint density at radius 3 is 2.12 bits per heavy atom. The molecule has 0 spiro atoms. The van der Waals surface area contributed by atoms with Crippen molar-refractivity contribution < 1.29 is 30.0 Å². The topological polar surface area (TPSA) is 115 Å². The summed E-state index contributed by atoms with van der Waals surface area (Å²) in [5, 5.41) is 36.3. The third-order valence-electron chi connectivity index (χ3n) is 4.17. The lowest BCUT2D eigenvalue weighted by Gasteiger charge is -2.17. The van der Waals surface area contributed by atoms with E-state index in [1.807, 2.05) is 13.0 Å². The highest BCUT2D eigenvalue weighted by molar-refractivity contribution is 5.81. The Balaban J connectivity index is 4.04. The zero-order valence-electron chi connectivity index (χ0n) is 15.4. The minimum atomic E-state index is -1.17. The molecule has 0 aromatic carbocycles. The van der Waals surface area contributed by atoms with Crippen LogP contribution in [0, 0.1) is 11.8 Å². The number of hydrogen-bond donors (Lipinski definition) is 4. The molecule has 0 radical (unpaired) electrons. The molecule has 6 nitrogen and oxygen atoms in total. The second-order valence-corrected chi connectivity index (χ2v) is 6.86. The van der Waals surface area contributed by atoms with E-state index in [9.17, 15) is 14.7 Å².